The lowest BCUT2D eigenvalue weighted by Gasteiger charge is -2.29. The first-order valence-electron chi connectivity index (χ1n) is 10.9. The number of fused-ring (bicyclic) bond motifs is 1. The minimum atomic E-state index is -0.461. The fourth-order valence-electron chi connectivity index (χ4n) is 4.22. The van der Waals surface area contributed by atoms with Crippen LogP contribution in [0.4, 0.5) is 21.8 Å². The van der Waals surface area contributed by atoms with Crippen molar-refractivity contribution < 1.29 is 13.9 Å². The van der Waals surface area contributed by atoms with Crippen LogP contribution >= 0.6 is 0 Å². The summed E-state index contributed by atoms with van der Waals surface area (Å²) in [5.74, 6) is 0.842. The van der Waals surface area contributed by atoms with E-state index in [1.54, 1.807) is 24.5 Å². The van der Waals surface area contributed by atoms with E-state index in [4.69, 9.17) is 15.2 Å². The van der Waals surface area contributed by atoms with Crippen LogP contribution in [0.5, 0.6) is 5.75 Å². The molecule has 0 spiro atoms. The van der Waals surface area contributed by atoms with Gasteiger partial charge in [0.1, 0.15) is 11.3 Å². The van der Waals surface area contributed by atoms with Crippen LogP contribution in [0, 0.1) is 5.82 Å². The summed E-state index contributed by atoms with van der Waals surface area (Å²) >= 11 is 0. The van der Waals surface area contributed by atoms with Crippen LogP contribution in [0.2, 0.25) is 0 Å². The van der Waals surface area contributed by atoms with Crippen molar-refractivity contribution in [3.63, 3.8) is 0 Å². The van der Waals surface area contributed by atoms with Gasteiger partial charge in [0.25, 0.3) is 0 Å². The van der Waals surface area contributed by atoms with Crippen molar-refractivity contribution in [1.82, 2.24) is 19.9 Å². The normalized spacial score (nSPS) is 23.2. The highest BCUT2D eigenvalue weighted by Crippen LogP contribution is 2.31. The number of ether oxygens (including phenoxy) is 2. The predicted molar refractivity (Wildman–Crippen MR) is 119 cm³/mol. The Kier molecular flexibility index (Phi) is 5.85. The van der Waals surface area contributed by atoms with E-state index >= 15 is 0 Å². The minimum absolute atomic E-state index is 0.0637. The van der Waals surface area contributed by atoms with Gasteiger partial charge in [-0.05, 0) is 38.2 Å². The summed E-state index contributed by atoms with van der Waals surface area (Å²) < 4.78 is 25.7. The molecule has 2 aromatic heterocycles. The topological polar surface area (TPSA) is 120 Å². The van der Waals surface area contributed by atoms with Crippen molar-refractivity contribution in [2.24, 2.45) is 0 Å². The molecule has 1 saturated carbocycles. The van der Waals surface area contributed by atoms with Crippen LogP contribution in [0.3, 0.4) is 0 Å². The Bertz CT molecular complexity index is 1090. The zero-order valence-corrected chi connectivity index (χ0v) is 17.6. The Balaban J connectivity index is 1.19. The highest BCUT2D eigenvalue weighted by Gasteiger charge is 2.25. The maximum absolute atomic E-state index is 14.1. The van der Waals surface area contributed by atoms with E-state index < -0.39 is 5.82 Å². The summed E-state index contributed by atoms with van der Waals surface area (Å²) in [5, 5.41) is 6.45. The second kappa shape index (κ2) is 9.07. The summed E-state index contributed by atoms with van der Waals surface area (Å²) in [7, 11) is 0. The van der Waals surface area contributed by atoms with Crippen molar-refractivity contribution in [2.75, 3.05) is 29.6 Å². The lowest BCUT2D eigenvalue weighted by Crippen LogP contribution is -2.32. The molecule has 1 atom stereocenters. The van der Waals surface area contributed by atoms with Crippen LogP contribution in [-0.2, 0) is 4.74 Å². The van der Waals surface area contributed by atoms with Gasteiger partial charge >= 0.3 is 0 Å². The molecule has 168 valence electrons. The number of nitrogen functional groups attached to an aromatic ring is 1. The van der Waals surface area contributed by atoms with Gasteiger partial charge in [-0.25, -0.2) is 14.4 Å². The molecule has 0 radical (unpaired) electrons. The zero-order chi connectivity index (χ0) is 21.9. The van der Waals surface area contributed by atoms with E-state index in [2.05, 4.69) is 30.6 Å². The fraction of sp³-hybridized carbons (Fsp3) is 0.455. The molecule has 32 heavy (non-hydrogen) atoms. The maximum Gasteiger partial charge on any atom is 0.225 e. The number of rotatable bonds is 6. The molecule has 1 aliphatic heterocycles. The summed E-state index contributed by atoms with van der Waals surface area (Å²) in [6.07, 6.45) is 8.89. The summed E-state index contributed by atoms with van der Waals surface area (Å²) in [5.41, 5.74) is 8.04. The third-order valence-electron chi connectivity index (χ3n) is 5.88. The second-order valence-electron chi connectivity index (χ2n) is 8.27. The molecule has 1 aliphatic carbocycles. The molecule has 2 fully saturated rings. The Hall–Kier alpha value is -3.27. The van der Waals surface area contributed by atoms with Crippen LogP contribution in [0.15, 0.2) is 30.7 Å². The maximum atomic E-state index is 14.1. The molecule has 9 nitrogen and oxygen atoms in total. The Labute approximate surface area is 185 Å². The summed E-state index contributed by atoms with van der Waals surface area (Å²) in [6.45, 7) is 1.24. The quantitative estimate of drug-likeness (QED) is 0.497. The molecule has 2 aliphatic rings. The largest absolute Gasteiger partial charge is 0.488 e. The molecule has 4 N–H and O–H groups in total. The number of aromatic nitrogens is 4. The van der Waals surface area contributed by atoms with E-state index in [1.807, 2.05) is 0 Å². The summed E-state index contributed by atoms with van der Waals surface area (Å²) in [6, 6.07) is 3.87. The van der Waals surface area contributed by atoms with Crippen LogP contribution in [0.1, 0.15) is 32.1 Å². The number of hydrogen-bond acceptors (Lipinski definition) is 9. The first kappa shape index (κ1) is 20.6. The first-order chi connectivity index (χ1) is 15.6. The van der Waals surface area contributed by atoms with Gasteiger partial charge in [0.15, 0.2) is 11.6 Å². The average molecular weight is 439 g/mol. The van der Waals surface area contributed by atoms with Gasteiger partial charge in [-0.15, -0.1) is 0 Å². The lowest BCUT2D eigenvalue weighted by molar-refractivity contribution is 0.152. The Morgan fingerprint density at radius 3 is 2.66 bits per heavy atom. The molecule has 0 bridgehead atoms. The standard InChI is InChI=1S/C22H26FN7O2/c23-17-11-27-22(30-21(17)28-15-5-8-31-12-15)29-14-1-3-16(4-2-14)32-19-10-13(24)9-18-20(19)26-7-6-25-18/h6-7,9-11,14-16H,1-5,8,12,24H2,(H2,27,28,29,30). The molecular formula is C22H26FN7O2. The van der Waals surface area contributed by atoms with Crippen molar-refractivity contribution in [3.8, 4) is 5.75 Å². The highest BCUT2D eigenvalue weighted by atomic mass is 19.1. The zero-order valence-electron chi connectivity index (χ0n) is 17.6. The minimum Gasteiger partial charge on any atom is -0.488 e. The van der Waals surface area contributed by atoms with E-state index in [9.17, 15) is 4.39 Å². The molecule has 1 saturated heterocycles. The molecule has 1 unspecified atom stereocenters. The highest BCUT2D eigenvalue weighted by molar-refractivity contribution is 5.84. The number of halogens is 1. The lowest BCUT2D eigenvalue weighted by atomic mass is 9.93. The molecule has 3 heterocycles. The van der Waals surface area contributed by atoms with Crippen molar-refractivity contribution in [3.05, 3.63) is 36.5 Å². The molecule has 5 rings (SSSR count). The molecule has 3 aromatic rings. The smallest absolute Gasteiger partial charge is 0.225 e. The number of nitrogens with one attached hydrogen (secondary N) is 2. The average Bonchev–Trinajstić information content (AvgIpc) is 3.30. The van der Waals surface area contributed by atoms with Gasteiger partial charge in [0.2, 0.25) is 5.95 Å². The number of nitrogens with two attached hydrogens (primary N) is 1. The van der Waals surface area contributed by atoms with E-state index in [0.717, 1.165) is 37.6 Å². The summed E-state index contributed by atoms with van der Waals surface area (Å²) in [4.78, 5) is 17.2. The number of benzene rings is 1. The van der Waals surface area contributed by atoms with E-state index in [0.29, 0.717) is 36.1 Å². The third-order valence-corrected chi connectivity index (χ3v) is 5.88. The fourth-order valence-corrected chi connectivity index (χ4v) is 4.22. The monoisotopic (exact) mass is 439 g/mol. The molecule has 1 aromatic carbocycles. The first-order valence-corrected chi connectivity index (χ1v) is 10.9. The van der Waals surface area contributed by atoms with Gasteiger partial charge in [0, 0.05) is 36.8 Å². The van der Waals surface area contributed by atoms with Gasteiger partial charge < -0.3 is 25.8 Å². The van der Waals surface area contributed by atoms with Crippen molar-refractivity contribution in [1.29, 1.82) is 0 Å². The van der Waals surface area contributed by atoms with Gasteiger partial charge in [-0.3, -0.25) is 4.98 Å². The van der Waals surface area contributed by atoms with Gasteiger partial charge in [0.05, 0.1) is 30.5 Å². The third kappa shape index (κ3) is 4.64. The Morgan fingerprint density at radius 2 is 1.84 bits per heavy atom. The van der Waals surface area contributed by atoms with E-state index in [1.165, 1.54) is 6.20 Å². The van der Waals surface area contributed by atoms with Gasteiger partial charge in [-0.2, -0.15) is 4.98 Å². The van der Waals surface area contributed by atoms with Gasteiger partial charge in [-0.1, -0.05) is 0 Å². The number of nitrogens with zero attached hydrogens (tertiary/aromatic N) is 4. The molecule has 10 heteroatoms. The van der Waals surface area contributed by atoms with Crippen molar-refractivity contribution in [2.45, 2.75) is 50.3 Å². The number of anilines is 3. The second-order valence-corrected chi connectivity index (χ2v) is 8.27. The molecular weight excluding hydrogens is 413 g/mol. The predicted octanol–water partition coefficient (Wildman–Crippen LogP) is 3.14. The van der Waals surface area contributed by atoms with Crippen LogP contribution in [0.25, 0.3) is 11.0 Å². The SMILES string of the molecule is Nc1cc(OC2CCC(Nc3ncc(F)c(NC4CCOC4)n3)CC2)c2nccnc2c1. The van der Waals surface area contributed by atoms with Crippen LogP contribution < -0.4 is 21.1 Å². The molecule has 0 amide bonds. The van der Waals surface area contributed by atoms with Crippen LogP contribution in [-0.4, -0.2) is 51.3 Å². The van der Waals surface area contributed by atoms with E-state index in [-0.39, 0.29) is 24.0 Å². The van der Waals surface area contributed by atoms with Crippen molar-refractivity contribution >= 4 is 28.5 Å². The number of hydrogen-bond donors (Lipinski definition) is 3. The Morgan fingerprint density at radius 1 is 1.00 bits per heavy atom.